The van der Waals surface area contributed by atoms with Crippen LogP contribution in [-0.2, 0) is 9.59 Å². The van der Waals surface area contributed by atoms with Gasteiger partial charge in [-0.15, -0.1) is 0 Å². The molecule has 0 bridgehead atoms. The zero-order valence-electron chi connectivity index (χ0n) is 14.4. The van der Waals surface area contributed by atoms with Gasteiger partial charge >= 0.3 is 0 Å². The smallest absolute Gasteiger partial charge is 0.226 e. The molecular weight excluding hydrogens is 306 g/mol. The molecule has 2 fully saturated rings. The Labute approximate surface area is 143 Å². The number of rotatable bonds is 3. The number of benzene rings is 1. The lowest BCUT2D eigenvalue weighted by Crippen LogP contribution is -2.52. The van der Waals surface area contributed by atoms with Crippen LogP contribution in [0.5, 0.6) is 5.75 Å². The summed E-state index contributed by atoms with van der Waals surface area (Å²) in [5.41, 5.74) is 1.15. The molecule has 2 saturated heterocycles. The van der Waals surface area contributed by atoms with Crippen molar-refractivity contribution in [3.63, 3.8) is 0 Å². The lowest BCUT2D eigenvalue weighted by molar-refractivity contribution is -0.144. The van der Waals surface area contributed by atoms with Crippen LogP contribution in [0, 0.1) is 5.92 Å². The topological polar surface area (TPSA) is 53.1 Å². The summed E-state index contributed by atoms with van der Waals surface area (Å²) in [5, 5.41) is 0. The molecular formula is C18H25N3O3. The van der Waals surface area contributed by atoms with E-state index in [9.17, 15) is 9.59 Å². The molecule has 0 aromatic heterocycles. The summed E-state index contributed by atoms with van der Waals surface area (Å²) in [7, 11) is 3.46. The van der Waals surface area contributed by atoms with Gasteiger partial charge in [0.15, 0.2) is 0 Å². The number of piperazine rings is 1. The van der Waals surface area contributed by atoms with Crippen molar-refractivity contribution in [2.45, 2.75) is 12.8 Å². The molecule has 0 radical (unpaired) electrons. The van der Waals surface area contributed by atoms with Gasteiger partial charge in [-0.2, -0.15) is 0 Å². The second-order valence-corrected chi connectivity index (χ2v) is 6.52. The van der Waals surface area contributed by atoms with E-state index in [-0.39, 0.29) is 17.7 Å². The van der Waals surface area contributed by atoms with Crippen molar-refractivity contribution in [1.82, 2.24) is 9.80 Å². The molecule has 6 nitrogen and oxygen atoms in total. The number of hydrogen-bond acceptors (Lipinski definition) is 4. The molecule has 1 aromatic rings. The Hall–Kier alpha value is -2.24. The summed E-state index contributed by atoms with van der Waals surface area (Å²) in [6, 6.07) is 8.01. The summed E-state index contributed by atoms with van der Waals surface area (Å²) >= 11 is 0. The number of piperidine rings is 1. The van der Waals surface area contributed by atoms with Crippen molar-refractivity contribution < 1.29 is 14.3 Å². The largest absolute Gasteiger partial charge is 0.497 e. The standard InChI is InChI=1S/C18H25N3O3/c1-19-8-7-14(13-17(19)22)18(23)21-11-9-20(10-12-21)15-3-5-16(24-2)6-4-15/h3-6,14H,7-13H2,1-2H3. The maximum atomic E-state index is 12.7. The number of hydrogen-bond donors (Lipinski definition) is 0. The molecule has 0 saturated carbocycles. The summed E-state index contributed by atoms with van der Waals surface area (Å²) < 4.78 is 5.19. The molecule has 130 valence electrons. The molecule has 1 atom stereocenters. The first-order chi connectivity index (χ1) is 11.6. The predicted octanol–water partition coefficient (Wildman–Crippen LogP) is 1.21. The van der Waals surface area contributed by atoms with Crippen LogP contribution in [0.1, 0.15) is 12.8 Å². The Morgan fingerprint density at radius 1 is 1.08 bits per heavy atom. The van der Waals surface area contributed by atoms with Crippen molar-refractivity contribution in [3.8, 4) is 5.75 Å². The fourth-order valence-corrected chi connectivity index (χ4v) is 3.39. The fraction of sp³-hybridized carbons (Fsp3) is 0.556. The van der Waals surface area contributed by atoms with E-state index in [1.807, 2.05) is 29.2 Å². The van der Waals surface area contributed by atoms with Crippen molar-refractivity contribution >= 4 is 17.5 Å². The number of carbonyl (C=O) groups excluding carboxylic acids is 2. The number of likely N-dealkylation sites (tertiary alicyclic amines) is 1. The summed E-state index contributed by atoms with van der Waals surface area (Å²) in [6.45, 7) is 3.75. The van der Waals surface area contributed by atoms with Crippen LogP contribution in [0.25, 0.3) is 0 Å². The first kappa shape index (κ1) is 16.6. The number of ether oxygens (including phenoxy) is 1. The minimum absolute atomic E-state index is 0.0801. The molecule has 0 N–H and O–H groups in total. The number of carbonyl (C=O) groups is 2. The molecule has 2 aliphatic rings. The zero-order valence-corrected chi connectivity index (χ0v) is 14.4. The van der Waals surface area contributed by atoms with Gasteiger partial charge in [-0.25, -0.2) is 0 Å². The molecule has 3 rings (SSSR count). The summed E-state index contributed by atoms with van der Waals surface area (Å²) in [4.78, 5) is 30.4. The van der Waals surface area contributed by atoms with Gasteiger partial charge in [0.25, 0.3) is 0 Å². The Balaban J connectivity index is 1.54. The maximum absolute atomic E-state index is 12.7. The highest BCUT2D eigenvalue weighted by Crippen LogP contribution is 2.23. The Bertz CT molecular complexity index is 594. The van der Waals surface area contributed by atoms with Gasteiger partial charge in [0.05, 0.1) is 7.11 Å². The maximum Gasteiger partial charge on any atom is 0.226 e. The highest BCUT2D eigenvalue weighted by molar-refractivity contribution is 5.87. The molecule has 2 aliphatic heterocycles. The van der Waals surface area contributed by atoms with Crippen LogP contribution < -0.4 is 9.64 Å². The van der Waals surface area contributed by atoms with Gasteiger partial charge in [0, 0.05) is 57.8 Å². The van der Waals surface area contributed by atoms with Crippen molar-refractivity contribution in [3.05, 3.63) is 24.3 Å². The number of nitrogens with zero attached hydrogens (tertiary/aromatic N) is 3. The van der Waals surface area contributed by atoms with Crippen LogP contribution in [0.15, 0.2) is 24.3 Å². The molecule has 24 heavy (non-hydrogen) atoms. The number of methoxy groups -OCH3 is 1. The molecule has 2 amide bonds. The lowest BCUT2D eigenvalue weighted by Gasteiger charge is -2.38. The van der Waals surface area contributed by atoms with Gasteiger partial charge < -0.3 is 19.4 Å². The summed E-state index contributed by atoms with van der Waals surface area (Å²) in [6.07, 6.45) is 1.13. The van der Waals surface area contributed by atoms with Gasteiger partial charge in [0.1, 0.15) is 5.75 Å². The summed E-state index contributed by atoms with van der Waals surface area (Å²) in [5.74, 6) is 0.933. The van der Waals surface area contributed by atoms with Gasteiger partial charge in [-0.3, -0.25) is 9.59 Å². The van der Waals surface area contributed by atoms with Crippen LogP contribution in [0.2, 0.25) is 0 Å². The Morgan fingerprint density at radius 3 is 2.33 bits per heavy atom. The number of anilines is 1. The zero-order chi connectivity index (χ0) is 17.1. The number of amides is 2. The fourth-order valence-electron chi connectivity index (χ4n) is 3.39. The quantitative estimate of drug-likeness (QED) is 0.835. The van der Waals surface area contributed by atoms with Gasteiger partial charge in [-0.1, -0.05) is 0 Å². The molecule has 1 aromatic carbocycles. The van der Waals surface area contributed by atoms with E-state index < -0.39 is 0 Å². The van der Waals surface area contributed by atoms with Gasteiger partial charge in [0.2, 0.25) is 11.8 Å². The average Bonchev–Trinajstić information content (AvgIpc) is 2.63. The minimum Gasteiger partial charge on any atom is -0.497 e. The second-order valence-electron chi connectivity index (χ2n) is 6.52. The first-order valence-corrected chi connectivity index (χ1v) is 8.50. The third-order valence-corrected chi connectivity index (χ3v) is 5.04. The Morgan fingerprint density at radius 2 is 1.75 bits per heavy atom. The second kappa shape index (κ2) is 7.11. The van der Waals surface area contributed by atoms with Crippen LogP contribution in [0.3, 0.4) is 0 Å². The molecule has 6 heteroatoms. The van der Waals surface area contributed by atoms with Crippen LogP contribution >= 0.6 is 0 Å². The van der Waals surface area contributed by atoms with E-state index in [0.717, 1.165) is 30.9 Å². The third-order valence-electron chi connectivity index (χ3n) is 5.04. The lowest BCUT2D eigenvalue weighted by atomic mass is 9.94. The van der Waals surface area contributed by atoms with E-state index in [1.165, 1.54) is 0 Å². The molecule has 0 spiro atoms. The molecule has 1 unspecified atom stereocenters. The first-order valence-electron chi connectivity index (χ1n) is 8.50. The monoisotopic (exact) mass is 331 g/mol. The van der Waals surface area contributed by atoms with E-state index in [2.05, 4.69) is 4.90 Å². The predicted molar refractivity (Wildman–Crippen MR) is 92.1 cm³/mol. The van der Waals surface area contributed by atoms with E-state index in [0.29, 0.717) is 26.1 Å². The molecule has 2 heterocycles. The molecule has 0 aliphatic carbocycles. The van der Waals surface area contributed by atoms with Gasteiger partial charge in [-0.05, 0) is 30.7 Å². The van der Waals surface area contributed by atoms with Crippen molar-refractivity contribution in [2.75, 3.05) is 51.8 Å². The highest BCUT2D eigenvalue weighted by Gasteiger charge is 2.32. The Kier molecular flexibility index (Phi) is 4.92. The van der Waals surface area contributed by atoms with E-state index in [1.54, 1.807) is 19.1 Å². The van der Waals surface area contributed by atoms with E-state index >= 15 is 0 Å². The third kappa shape index (κ3) is 3.47. The highest BCUT2D eigenvalue weighted by atomic mass is 16.5. The van der Waals surface area contributed by atoms with Crippen LogP contribution in [0.4, 0.5) is 5.69 Å². The SMILES string of the molecule is COc1ccc(N2CCN(C(=O)C3CCN(C)C(=O)C3)CC2)cc1. The van der Waals surface area contributed by atoms with E-state index in [4.69, 9.17) is 4.74 Å². The van der Waals surface area contributed by atoms with Crippen molar-refractivity contribution in [2.24, 2.45) is 5.92 Å². The minimum atomic E-state index is -0.138. The average molecular weight is 331 g/mol. The van der Waals surface area contributed by atoms with Crippen LogP contribution in [-0.4, -0.2) is 68.5 Å². The van der Waals surface area contributed by atoms with Crippen molar-refractivity contribution in [1.29, 1.82) is 0 Å². The normalized spacial score (nSPS) is 21.8.